The minimum Gasteiger partial charge on any atom is -0.327 e. The van der Waals surface area contributed by atoms with E-state index in [9.17, 15) is 0 Å². The number of para-hydroxylation sites is 11. The third-order valence-electron chi connectivity index (χ3n) is 23.3. The predicted molar refractivity (Wildman–Crippen MR) is 478 cm³/mol. The summed E-state index contributed by atoms with van der Waals surface area (Å²) in [5.41, 5.74) is 35.3. The first-order valence-electron chi connectivity index (χ1n) is 40.0. The van der Waals surface area contributed by atoms with Crippen LogP contribution in [0.3, 0.4) is 0 Å². The molecule has 14 heteroatoms. The smallest absolute Gasteiger partial charge is 0.300 e. The normalized spacial score (nSPS) is 11.5. The summed E-state index contributed by atoms with van der Waals surface area (Å²) in [6, 6.07) is 89.0. The summed E-state index contributed by atoms with van der Waals surface area (Å²) in [6.45, 7) is 38.2. The standard InChI is InChI=1S/C29H30N3.C26H21N4.C26H24N3.C22H23N4/c1-19-15-16-21-11-7-9-13-25(21)32(19)27-18-22(29(3,4)5)17-23(20(27)2)28-30-24-12-8-10-14-26(24)31(28)6;1-17-13-14-19-9-5-7-11-23(19)30(17)25-16-20(27-3)15-21(18(25)2)26-28-22-10-6-8-12-24(22)29(26)4;1-17-15-21(26-27-22-10-6-8-12-24(22)28(26)4)19(3)25(16-17)29-18(2)13-14-20-9-5-7-11-23(20)29;1-14-13-15(2)21(26-12-8-11-23-17(26)4)16(3)20(14)22-24-18-9-6-7-10-19(18)25(22)5/h7-18H,1-6H3;5-16H,1-2,4H3;5-16H,1-4H3;6-13H,1-5H3/q4*+1. The van der Waals surface area contributed by atoms with Gasteiger partial charge in [0.15, 0.2) is 22.8 Å². The van der Waals surface area contributed by atoms with Gasteiger partial charge in [-0.1, -0.05) is 117 Å². The summed E-state index contributed by atoms with van der Waals surface area (Å²) in [5, 5.41) is 3.64. The van der Waals surface area contributed by atoms with Gasteiger partial charge in [-0.2, -0.15) is 18.3 Å². The van der Waals surface area contributed by atoms with Gasteiger partial charge in [0.25, 0.3) is 5.82 Å². The van der Waals surface area contributed by atoms with E-state index in [1.54, 1.807) is 0 Å². The Labute approximate surface area is 684 Å². The molecule has 0 aliphatic heterocycles. The van der Waals surface area contributed by atoms with Crippen LogP contribution in [0.5, 0.6) is 0 Å². The average molecular weight is 1530 g/mol. The molecule has 117 heavy (non-hydrogen) atoms. The van der Waals surface area contributed by atoms with E-state index in [1.165, 1.54) is 111 Å². The van der Waals surface area contributed by atoms with Crippen molar-refractivity contribution in [2.24, 2.45) is 28.2 Å². The molecule has 0 unspecified atom stereocenters. The summed E-state index contributed by atoms with van der Waals surface area (Å²) in [6.07, 6.45) is 3.91. The van der Waals surface area contributed by atoms with Crippen molar-refractivity contribution in [1.82, 2.24) is 43.2 Å². The molecule has 0 bridgehead atoms. The van der Waals surface area contributed by atoms with Crippen molar-refractivity contribution >= 4 is 82.5 Å². The first kappa shape index (κ1) is 77.1. The van der Waals surface area contributed by atoms with Crippen molar-refractivity contribution in [3.63, 3.8) is 0 Å². The van der Waals surface area contributed by atoms with E-state index >= 15 is 0 Å². The first-order valence-corrected chi connectivity index (χ1v) is 40.0. The number of aryl methyl sites for hydroxylation is 11. The molecular weight excluding hydrogens is 1430 g/mol. The zero-order valence-corrected chi connectivity index (χ0v) is 70.2. The van der Waals surface area contributed by atoms with Crippen LogP contribution in [-0.4, -0.2) is 43.2 Å². The highest BCUT2D eigenvalue weighted by Crippen LogP contribution is 2.39. The fourth-order valence-electron chi connectivity index (χ4n) is 17.1. The number of benzene rings is 11. The van der Waals surface area contributed by atoms with Gasteiger partial charge < -0.3 is 18.3 Å². The second kappa shape index (κ2) is 31.1. The third-order valence-corrected chi connectivity index (χ3v) is 23.3. The molecule has 576 valence electrons. The van der Waals surface area contributed by atoms with E-state index in [0.29, 0.717) is 5.69 Å². The van der Waals surface area contributed by atoms with E-state index in [1.807, 2.05) is 68.7 Å². The molecule has 8 aromatic heterocycles. The Morgan fingerprint density at radius 1 is 0.350 bits per heavy atom. The molecule has 19 rings (SSSR count). The topological polar surface area (TPSA) is 104 Å². The molecule has 11 aromatic carbocycles. The van der Waals surface area contributed by atoms with E-state index in [-0.39, 0.29) is 5.41 Å². The molecule has 0 atom stereocenters. The summed E-state index contributed by atoms with van der Waals surface area (Å²) < 4.78 is 17.9. The van der Waals surface area contributed by atoms with Crippen LogP contribution < -0.4 is 18.3 Å². The van der Waals surface area contributed by atoms with Crippen LogP contribution in [0.4, 0.5) is 5.69 Å². The highest BCUT2D eigenvalue weighted by molar-refractivity contribution is 5.88. The van der Waals surface area contributed by atoms with Gasteiger partial charge in [0.05, 0.1) is 50.7 Å². The number of hydrogen-bond acceptors (Lipinski definition) is 5. The molecule has 0 aliphatic carbocycles. The molecule has 0 saturated heterocycles. The lowest BCUT2D eigenvalue weighted by Crippen LogP contribution is -2.36. The van der Waals surface area contributed by atoms with Gasteiger partial charge in [0.1, 0.15) is 41.4 Å². The van der Waals surface area contributed by atoms with E-state index < -0.39 is 0 Å². The average Bonchev–Trinajstić information content (AvgIpc) is 1.47. The van der Waals surface area contributed by atoms with Crippen LogP contribution in [0.1, 0.15) is 88.2 Å². The lowest BCUT2D eigenvalue weighted by atomic mass is 9.84. The van der Waals surface area contributed by atoms with Gasteiger partial charge in [-0.25, -0.2) is 24.8 Å². The van der Waals surface area contributed by atoms with Crippen molar-refractivity contribution in [2.75, 3.05) is 0 Å². The van der Waals surface area contributed by atoms with Gasteiger partial charge in [0, 0.05) is 177 Å². The zero-order valence-electron chi connectivity index (χ0n) is 70.2. The second-order valence-electron chi connectivity index (χ2n) is 32.1. The molecule has 14 nitrogen and oxygen atoms in total. The molecule has 0 radical (unpaired) electrons. The van der Waals surface area contributed by atoms with Crippen LogP contribution in [-0.2, 0) is 33.6 Å². The maximum Gasteiger partial charge on any atom is 0.300 e. The van der Waals surface area contributed by atoms with Crippen molar-refractivity contribution in [3.05, 3.63) is 346 Å². The number of rotatable bonds is 8. The quantitative estimate of drug-likeness (QED) is 0.111. The minimum atomic E-state index is 0.0147. The maximum absolute atomic E-state index is 7.70. The summed E-state index contributed by atoms with van der Waals surface area (Å²) in [5.74, 6) is 4.86. The minimum absolute atomic E-state index is 0.0147. The largest absolute Gasteiger partial charge is 0.327 e. The molecule has 8 heterocycles. The van der Waals surface area contributed by atoms with Crippen LogP contribution >= 0.6 is 0 Å². The second-order valence-corrected chi connectivity index (χ2v) is 32.1. The fourth-order valence-corrected chi connectivity index (χ4v) is 17.1. The van der Waals surface area contributed by atoms with E-state index in [4.69, 9.17) is 26.5 Å². The van der Waals surface area contributed by atoms with Gasteiger partial charge in [-0.15, -0.1) is 0 Å². The Kier molecular flexibility index (Phi) is 20.5. The number of aromatic nitrogens is 13. The maximum atomic E-state index is 7.70. The van der Waals surface area contributed by atoms with Crippen LogP contribution in [0, 0.1) is 82.7 Å². The molecule has 0 saturated carbocycles. The number of imidazole rings is 4. The predicted octanol–water partition coefficient (Wildman–Crippen LogP) is 22.2. The Morgan fingerprint density at radius 3 is 1.13 bits per heavy atom. The molecule has 0 spiro atoms. The Morgan fingerprint density at radius 2 is 0.718 bits per heavy atom. The molecule has 0 fully saturated rings. The molecule has 19 aromatic rings. The number of nitrogens with zero attached hydrogens (tertiary/aromatic N) is 14. The van der Waals surface area contributed by atoms with Crippen LogP contribution in [0.2, 0.25) is 0 Å². The van der Waals surface area contributed by atoms with Crippen molar-refractivity contribution < 1.29 is 18.3 Å². The van der Waals surface area contributed by atoms with Crippen molar-refractivity contribution in [2.45, 2.75) is 102 Å². The number of pyridine rings is 3. The number of hydrogen-bond donors (Lipinski definition) is 0. The highest BCUT2D eigenvalue weighted by atomic mass is 15.1. The first-order chi connectivity index (χ1) is 56.4. The van der Waals surface area contributed by atoms with E-state index in [2.05, 4.69) is 370 Å². The molecule has 0 amide bonds. The molecule has 0 aliphatic rings. The Hall–Kier alpha value is -13.9. The monoisotopic (exact) mass is 1530 g/mol. The van der Waals surface area contributed by atoms with E-state index in [0.717, 1.165) is 101 Å². The summed E-state index contributed by atoms with van der Waals surface area (Å²) in [4.78, 5) is 28.0. The molecular formula is C103H98N14+4. The van der Waals surface area contributed by atoms with Crippen molar-refractivity contribution in [3.8, 4) is 68.3 Å². The van der Waals surface area contributed by atoms with Crippen LogP contribution in [0.15, 0.2) is 267 Å². The summed E-state index contributed by atoms with van der Waals surface area (Å²) in [7, 11) is 8.34. The van der Waals surface area contributed by atoms with Gasteiger partial charge in [-0.05, 0) is 179 Å². The third kappa shape index (κ3) is 14.1. The Balaban J connectivity index is 0.000000117. The van der Waals surface area contributed by atoms with Crippen molar-refractivity contribution in [1.29, 1.82) is 0 Å². The van der Waals surface area contributed by atoms with Gasteiger partial charge >= 0.3 is 0 Å². The van der Waals surface area contributed by atoms with Gasteiger partial charge in [0.2, 0.25) is 33.6 Å². The highest BCUT2D eigenvalue weighted by Gasteiger charge is 2.30. The van der Waals surface area contributed by atoms with Gasteiger partial charge in [-0.3, -0.25) is 0 Å². The lowest BCUT2D eigenvalue weighted by molar-refractivity contribution is -0.607. The number of fused-ring (bicyclic) bond motifs is 7. The Bertz CT molecular complexity index is 7210. The molecule has 0 N–H and O–H groups in total. The lowest BCUT2D eigenvalue weighted by Gasteiger charge is -2.22. The SMILES string of the molecule is Cc1c(-c2nc3ccccc3n2C)cc(C(C)(C)C)cc1-[n+]1c(C)ccc2ccccc21.Cc1cc(-c2nc3ccccc3n2C)c(C)c(-[n+]2c(C)ccc3ccccc32)c1.Cc1cc(C)c(-[n+]2cccnc2C)c(C)c1-c1nc2ccccc2n1C.[C-]#[N+]c1cc(-c2nc3ccccc3n2C)c(C)c(-[n+]2c(C)ccc3ccccc32)c1. The summed E-state index contributed by atoms with van der Waals surface area (Å²) >= 11 is 0. The fraction of sp³-hybridized carbons (Fsp3) is 0.184. The zero-order chi connectivity index (χ0) is 82.0. The van der Waals surface area contributed by atoms with Crippen LogP contribution in [0.25, 0.3) is 150 Å².